The van der Waals surface area contributed by atoms with Crippen molar-refractivity contribution in [3.05, 3.63) is 12.7 Å². The lowest BCUT2D eigenvalue weighted by Crippen LogP contribution is -2.41. The average molecular weight is 166 g/mol. The number of nitrogens with zero attached hydrogens (tertiary/aromatic N) is 1. The normalized spacial score (nSPS) is 33.5. The minimum absolute atomic E-state index is 0.0180. The van der Waals surface area contributed by atoms with Crippen LogP contribution in [0.5, 0.6) is 0 Å². The third-order valence-electron chi connectivity index (χ3n) is 2.89. The Morgan fingerprint density at radius 2 is 2.42 bits per heavy atom. The molecule has 2 aliphatic rings. The van der Waals surface area contributed by atoms with Crippen molar-refractivity contribution in [1.82, 2.24) is 10.4 Å². The highest BCUT2D eigenvalue weighted by Gasteiger charge is 2.39. The summed E-state index contributed by atoms with van der Waals surface area (Å²) in [5, 5.41) is 1.75. The minimum atomic E-state index is 0.0180. The molecule has 1 N–H and O–H groups in total. The zero-order valence-electron chi connectivity index (χ0n) is 7.12. The Balaban J connectivity index is 2.08. The third-order valence-corrected chi connectivity index (χ3v) is 2.89. The summed E-state index contributed by atoms with van der Waals surface area (Å²) in [6.07, 6.45) is 5.06. The monoisotopic (exact) mass is 166 g/mol. The SMILES string of the molecule is C=CC(=O)N1NCC2CCCC21. The fourth-order valence-electron chi connectivity index (χ4n) is 2.27. The maximum Gasteiger partial charge on any atom is 0.260 e. The number of rotatable bonds is 1. The molecule has 0 aromatic carbocycles. The van der Waals surface area contributed by atoms with Gasteiger partial charge in [0.15, 0.2) is 0 Å². The molecule has 2 rings (SSSR count). The van der Waals surface area contributed by atoms with Gasteiger partial charge in [-0.05, 0) is 24.8 Å². The first kappa shape index (κ1) is 7.80. The summed E-state index contributed by atoms with van der Waals surface area (Å²) in [4.78, 5) is 11.3. The van der Waals surface area contributed by atoms with E-state index in [0.717, 1.165) is 13.0 Å². The van der Waals surface area contributed by atoms with E-state index in [2.05, 4.69) is 12.0 Å². The second-order valence-electron chi connectivity index (χ2n) is 3.53. The predicted octanol–water partition coefficient (Wildman–Crippen LogP) is 0.688. The van der Waals surface area contributed by atoms with Gasteiger partial charge in [0.1, 0.15) is 0 Å². The highest BCUT2D eigenvalue weighted by molar-refractivity contribution is 5.87. The highest BCUT2D eigenvalue weighted by atomic mass is 16.2. The van der Waals surface area contributed by atoms with Crippen LogP contribution in [0.25, 0.3) is 0 Å². The molecule has 1 aliphatic heterocycles. The zero-order valence-corrected chi connectivity index (χ0v) is 7.12. The van der Waals surface area contributed by atoms with Gasteiger partial charge in [-0.2, -0.15) is 0 Å². The van der Waals surface area contributed by atoms with Gasteiger partial charge in [0, 0.05) is 6.54 Å². The number of fused-ring (bicyclic) bond motifs is 1. The molecule has 0 aromatic heterocycles. The summed E-state index contributed by atoms with van der Waals surface area (Å²) >= 11 is 0. The van der Waals surface area contributed by atoms with Crippen LogP contribution in [0.2, 0.25) is 0 Å². The first-order valence-electron chi connectivity index (χ1n) is 4.52. The Hall–Kier alpha value is -0.830. The van der Waals surface area contributed by atoms with Crippen LogP contribution in [0.3, 0.4) is 0 Å². The van der Waals surface area contributed by atoms with Gasteiger partial charge in [0.05, 0.1) is 6.04 Å². The standard InChI is InChI=1S/C9H14N2O/c1-2-9(12)11-8-5-3-4-7(8)6-10-11/h2,7-8,10H,1,3-6H2. The van der Waals surface area contributed by atoms with Gasteiger partial charge in [0.2, 0.25) is 0 Å². The molecule has 1 heterocycles. The topological polar surface area (TPSA) is 32.3 Å². The number of carbonyl (C=O) groups is 1. The molecule has 12 heavy (non-hydrogen) atoms. The molecule has 0 spiro atoms. The summed E-state index contributed by atoms with van der Waals surface area (Å²) in [5.74, 6) is 0.707. The van der Waals surface area contributed by atoms with E-state index in [0.29, 0.717) is 12.0 Å². The lowest BCUT2D eigenvalue weighted by molar-refractivity contribution is -0.129. The Kier molecular flexibility index (Phi) is 1.89. The number of carbonyl (C=O) groups excluding carboxylic acids is 1. The van der Waals surface area contributed by atoms with Crippen LogP contribution in [0.1, 0.15) is 19.3 Å². The molecule has 0 bridgehead atoms. The largest absolute Gasteiger partial charge is 0.271 e. The van der Waals surface area contributed by atoms with Crippen molar-refractivity contribution in [3.8, 4) is 0 Å². The summed E-state index contributed by atoms with van der Waals surface area (Å²) < 4.78 is 0. The predicted molar refractivity (Wildman–Crippen MR) is 46.2 cm³/mol. The second-order valence-corrected chi connectivity index (χ2v) is 3.53. The van der Waals surface area contributed by atoms with E-state index in [1.807, 2.05) is 0 Å². The Labute approximate surface area is 72.4 Å². The zero-order chi connectivity index (χ0) is 8.55. The van der Waals surface area contributed by atoms with Gasteiger partial charge in [-0.15, -0.1) is 0 Å². The van der Waals surface area contributed by atoms with E-state index < -0.39 is 0 Å². The van der Waals surface area contributed by atoms with Gasteiger partial charge in [0.25, 0.3) is 5.91 Å². The van der Waals surface area contributed by atoms with Crippen molar-refractivity contribution >= 4 is 5.91 Å². The molecule has 2 fully saturated rings. The molecule has 66 valence electrons. The van der Waals surface area contributed by atoms with Crippen LogP contribution in [-0.4, -0.2) is 23.5 Å². The van der Waals surface area contributed by atoms with Crippen molar-refractivity contribution in [2.24, 2.45) is 5.92 Å². The molecular formula is C9H14N2O. The van der Waals surface area contributed by atoms with Crippen LogP contribution in [0.4, 0.5) is 0 Å². The molecular weight excluding hydrogens is 152 g/mol. The quantitative estimate of drug-likeness (QED) is 0.581. The number of hydrazine groups is 1. The molecule has 1 saturated carbocycles. The van der Waals surface area contributed by atoms with E-state index in [4.69, 9.17) is 0 Å². The van der Waals surface area contributed by atoms with Crippen molar-refractivity contribution in [3.63, 3.8) is 0 Å². The first-order chi connectivity index (χ1) is 5.83. The van der Waals surface area contributed by atoms with Gasteiger partial charge in [-0.25, -0.2) is 5.43 Å². The van der Waals surface area contributed by atoms with Crippen molar-refractivity contribution in [2.45, 2.75) is 25.3 Å². The minimum Gasteiger partial charge on any atom is -0.271 e. The molecule has 0 radical (unpaired) electrons. The van der Waals surface area contributed by atoms with E-state index in [-0.39, 0.29) is 5.91 Å². The van der Waals surface area contributed by atoms with Crippen LogP contribution >= 0.6 is 0 Å². The van der Waals surface area contributed by atoms with Gasteiger partial charge < -0.3 is 0 Å². The smallest absolute Gasteiger partial charge is 0.260 e. The molecule has 2 atom stereocenters. The van der Waals surface area contributed by atoms with Gasteiger partial charge in [-0.1, -0.05) is 13.0 Å². The second kappa shape index (κ2) is 2.90. The third kappa shape index (κ3) is 1.05. The summed E-state index contributed by atoms with van der Waals surface area (Å²) in [6, 6.07) is 0.440. The molecule has 0 aromatic rings. The molecule has 2 unspecified atom stereocenters. The first-order valence-corrected chi connectivity index (χ1v) is 4.52. The molecule has 1 amide bonds. The van der Waals surface area contributed by atoms with Gasteiger partial charge in [-0.3, -0.25) is 9.80 Å². The maximum atomic E-state index is 11.3. The van der Waals surface area contributed by atoms with Crippen LogP contribution in [-0.2, 0) is 4.79 Å². The Morgan fingerprint density at radius 1 is 1.58 bits per heavy atom. The van der Waals surface area contributed by atoms with Crippen LogP contribution < -0.4 is 5.43 Å². The lowest BCUT2D eigenvalue weighted by Gasteiger charge is -2.21. The number of hydrogen-bond acceptors (Lipinski definition) is 2. The summed E-state index contributed by atoms with van der Waals surface area (Å²) in [7, 11) is 0. The van der Waals surface area contributed by atoms with E-state index in [1.165, 1.54) is 18.9 Å². The average Bonchev–Trinajstić information content (AvgIpc) is 2.62. The van der Waals surface area contributed by atoms with Crippen molar-refractivity contribution < 1.29 is 4.79 Å². The van der Waals surface area contributed by atoms with Crippen LogP contribution in [0, 0.1) is 5.92 Å². The van der Waals surface area contributed by atoms with Gasteiger partial charge >= 0.3 is 0 Å². The van der Waals surface area contributed by atoms with E-state index in [1.54, 1.807) is 5.01 Å². The van der Waals surface area contributed by atoms with Crippen LogP contribution in [0.15, 0.2) is 12.7 Å². The lowest BCUT2D eigenvalue weighted by atomic mass is 10.1. The Bertz CT molecular complexity index is 215. The fourth-order valence-corrected chi connectivity index (χ4v) is 2.27. The molecule has 1 aliphatic carbocycles. The number of amides is 1. The van der Waals surface area contributed by atoms with Crippen molar-refractivity contribution in [1.29, 1.82) is 0 Å². The number of nitrogens with one attached hydrogen (secondary N) is 1. The Morgan fingerprint density at radius 3 is 3.17 bits per heavy atom. The van der Waals surface area contributed by atoms with E-state index >= 15 is 0 Å². The number of hydrogen-bond donors (Lipinski definition) is 1. The molecule has 3 heteroatoms. The molecule has 3 nitrogen and oxygen atoms in total. The fraction of sp³-hybridized carbons (Fsp3) is 0.667. The summed E-state index contributed by atoms with van der Waals surface area (Å²) in [5.41, 5.74) is 3.12. The maximum absolute atomic E-state index is 11.3. The van der Waals surface area contributed by atoms with E-state index in [9.17, 15) is 4.79 Å². The van der Waals surface area contributed by atoms with Crippen molar-refractivity contribution in [2.75, 3.05) is 6.54 Å². The molecule has 1 saturated heterocycles. The summed E-state index contributed by atoms with van der Waals surface area (Å²) in [6.45, 7) is 4.45. The highest BCUT2D eigenvalue weighted by Crippen LogP contribution is 2.32.